The van der Waals surface area contributed by atoms with Gasteiger partial charge in [-0.05, 0) is 71.5 Å². The zero-order chi connectivity index (χ0) is 16.2. The van der Waals surface area contributed by atoms with Gasteiger partial charge in [-0.15, -0.1) is 0 Å². The van der Waals surface area contributed by atoms with E-state index < -0.39 is 0 Å². The summed E-state index contributed by atoms with van der Waals surface area (Å²) in [7, 11) is 0. The maximum Gasteiger partial charge on any atom is 0.311 e. The van der Waals surface area contributed by atoms with E-state index in [-0.39, 0.29) is 18.0 Å². The van der Waals surface area contributed by atoms with Gasteiger partial charge < -0.3 is 9.64 Å². The smallest absolute Gasteiger partial charge is 0.311 e. The van der Waals surface area contributed by atoms with Crippen LogP contribution >= 0.6 is 0 Å². The summed E-state index contributed by atoms with van der Waals surface area (Å²) in [4.78, 5) is 15.0. The van der Waals surface area contributed by atoms with Crippen LogP contribution in [0.25, 0.3) is 0 Å². The molecule has 3 rings (SSSR count). The molecule has 0 aromatic rings. The highest BCUT2D eigenvalue weighted by Crippen LogP contribution is 2.36. The van der Waals surface area contributed by atoms with Gasteiger partial charge >= 0.3 is 5.97 Å². The Morgan fingerprint density at radius 2 is 1.87 bits per heavy atom. The first kappa shape index (κ1) is 16.8. The molecule has 0 saturated carbocycles. The zero-order valence-corrected chi connectivity index (χ0v) is 14.7. The van der Waals surface area contributed by atoms with Gasteiger partial charge in [0.2, 0.25) is 0 Å². The number of esters is 1. The van der Waals surface area contributed by atoms with Gasteiger partial charge in [-0.1, -0.05) is 23.6 Å². The predicted octanol–water partition coefficient (Wildman–Crippen LogP) is 4.10. The normalized spacial score (nSPS) is 38.0. The second-order valence-corrected chi connectivity index (χ2v) is 7.67. The van der Waals surface area contributed by atoms with Crippen molar-refractivity contribution < 1.29 is 9.53 Å². The second-order valence-electron chi connectivity index (χ2n) is 7.67. The molecule has 2 heterocycles. The number of nitrogens with zero attached hydrogens (tertiary/aromatic N) is 1. The summed E-state index contributed by atoms with van der Waals surface area (Å²) in [6.07, 6.45) is 12.8. The summed E-state index contributed by atoms with van der Waals surface area (Å²) < 4.78 is 5.79. The van der Waals surface area contributed by atoms with E-state index in [0.717, 1.165) is 45.3 Å². The molecule has 0 radical (unpaired) electrons. The first-order valence-corrected chi connectivity index (χ1v) is 9.39. The molecule has 128 valence electrons. The number of piperidine rings is 1. The molecular formula is C20H31NO2. The van der Waals surface area contributed by atoms with Crippen molar-refractivity contribution >= 4 is 5.97 Å². The van der Waals surface area contributed by atoms with Crippen LogP contribution in [0.2, 0.25) is 0 Å². The minimum atomic E-state index is 0.00379. The maximum atomic E-state index is 12.5. The molecule has 3 aliphatic rings. The standard InChI is InChI=1S/C20H31NO2/c1-15-7-6-8-17-18(14-21-11-4-3-5-12-21)20(22)23-19(17)13-16(2)10-9-15/h7,13,17-19H,3-6,8-12,14H2,1-2H3/b15-7-,16-13-/t17-,18+,19+/m0/s1. The highest BCUT2D eigenvalue weighted by atomic mass is 16.6. The SMILES string of the molecule is C/C1=C/CC[C@@H]2[C@@H](/C=C(/C)CC1)OC(=O)[C@@H]2CN1CCCCC1. The third-order valence-corrected chi connectivity index (χ3v) is 5.75. The van der Waals surface area contributed by atoms with Crippen LogP contribution in [0, 0.1) is 11.8 Å². The summed E-state index contributed by atoms with van der Waals surface area (Å²) >= 11 is 0. The molecule has 23 heavy (non-hydrogen) atoms. The lowest BCUT2D eigenvalue weighted by Crippen LogP contribution is -2.38. The van der Waals surface area contributed by atoms with Gasteiger partial charge in [0.05, 0.1) is 5.92 Å². The number of hydrogen-bond donors (Lipinski definition) is 0. The van der Waals surface area contributed by atoms with Gasteiger partial charge in [-0.25, -0.2) is 0 Å². The fraction of sp³-hybridized carbons (Fsp3) is 0.750. The number of likely N-dealkylation sites (tertiary alicyclic amines) is 1. The van der Waals surface area contributed by atoms with E-state index in [1.54, 1.807) is 0 Å². The van der Waals surface area contributed by atoms with Crippen molar-refractivity contribution in [3.63, 3.8) is 0 Å². The highest BCUT2D eigenvalue weighted by Gasteiger charge is 2.43. The molecule has 1 aliphatic carbocycles. The number of allylic oxidation sites excluding steroid dienone is 3. The molecule has 3 nitrogen and oxygen atoms in total. The average molecular weight is 317 g/mol. The molecule has 0 spiro atoms. The van der Waals surface area contributed by atoms with Crippen LogP contribution < -0.4 is 0 Å². The van der Waals surface area contributed by atoms with Gasteiger partial charge in [0.25, 0.3) is 0 Å². The number of hydrogen-bond acceptors (Lipinski definition) is 3. The van der Waals surface area contributed by atoms with E-state index in [1.807, 2.05) is 0 Å². The van der Waals surface area contributed by atoms with Crippen LogP contribution in [-0.4, -0.2) is 36.6 Å². The Bertz CT molecular complexity index is 488. The number of rotatable bonds is 2. The van der Waals surface area contributed by atoms with Gasteiger partial charge in [-0.2, -0.15) is 0 Å². The van der Waals surface area contributed by atoms with Crippen LogP contribution in [0.15, 0.2) is 23.3 Å². The van der Waals surface area contributed by atoms with Crippen molar-refractivity contribution in [2.45, 2.75) is 64.9 Å². The topological polar surface area (TPSA) is 29.5 Å². The molecule has 0 unspecified atom stereocenters. The highest BCUT2D eigenvalue weighted by molar-refractivity contribution is 5.76. The van der Waals surface area contributed by atoms with Crippen molar-refractivity contribution in [3.05, 3.63) is 23.3 Å². The minimum Gasteiger partial charge on any atom is -0.458 e. The average Bonchev–Trinajstić information content (AvgIpc) is 2.82. The molecule has 3 heteroatoms. The Morgan fingerprint density at radius 3 is 2.65 bits per heavy atom. The Hall–Kier alpha value is -1.09. The van der Waals surface area contributed by atoms with Gasteiger partial charge in [-0.3, -0.25) is 4.79 Å². The van der Waals surface area contributed by atoms with Crippen LogP contribution in [0.3, 0.4) is 0 Å². The Labute approximate surface area is 140 Å². The Morgan fingerprint density at radius 1 is 1.13 bits per heavy atom. The Kier molecular flexibility index (Phi) is 5.58. The molecule has 0 N–H and O–H groups in total. The number of carbonyl (C=O) groups excluding carboxylic acids is 1. The fourth-order valence-corrected chi connectivity index (χ4v) is 4.25. The largest absolute Gasteiger partial charge is 0.458 e. The predicted molar refractivity (Wildman–Crippen MR) is 93.1 cm³/mol. The van der Waals surface area contributed by atoms with E-state index in [4.69, 9.17) is 4.74 Å². The summed E-state index contributed by atoms with van der Waals surface area (Å²) in [5.41, 5.74) is 2.84. The fourth-order valence-electron chi connectivity index (χ4n) is 4.25. The molecule has 0 aromatic heterocycles. The third kappa shape index (κ3) is 4.26. The monoisotopic (exact) mass is 317 g/mol. The molecule has 2 fully saturated rings. The van der Waals surface area contributed by atoms with Gasteiger partial charge in [0.1, 0.15) is 6.10 Å². The van der Waals surface area contributed by atoms with E-state index >= 15 is 0 Å². The number of carbonyl (C=O) groups is 1. The third-order valence-electron chi connectivity index (χ3n) is 5.75. The summed E-state index contributed by atoms with van der Waals surface area (Å²) in [5.74, 6) is 0.450. The molecular weight excluding hydrogens is 286 g/mol. The van der Waals surface area contributed by atoms with E-state index in [2.05, 4.69) is 30.9 Å². The van der Waals surface area contributed by atoms with E-state index in [1.165, 1.54) is 30.4 Å². The van der Waals surface area contributed by atoms with Crippen LogP contribution in [0.1, 0.15) is 58.8 Å². The summed E-state index contributed by atoms with van der Waals surface area (Å²) in [6.45, 7) is 7.60. The summed E-state index contributed by atoms with van der Waals surface area (Å²) in [5, 5.41) is 0. The van der Waals surface area contributed by atoms with Gasteiger partial charge in [0.15, 0.2) is 0 Å². The lowest BCUT2D eigenvalue weighted by molar-refractivity contribution is -0.143. The van der Waals surface area contributed by atoms with Crippen molar-refractivity contribution in [1.82, 2.24) is 4.90 Å². The van der Waals surface area contributed by atoms with Gasteiger partial charge in [0, 0.05) is 12.5 Å². The van der Waals surface area contributed by atoms with Crippen molar-refractivity contribution in [2.75, 3.05) is 19.6 Å². The van der Waals surface area contributed by atoms with Crippen molar-refractivity contribution in [3.8, 4) is 0 Å². The molecule has 3 atom stereocenters. The quantitative estimate of drug-likeness (QED) is 0.567. The first-order chi connectivity index (χ1) is 11.1. The van der Waals surface area contributed by atoms with E-state index in [9.17, 15) is 4.79 Å². The maximum absolute atomic E-state index is 12.5. The second kappa shape index (κ2) is 7.65. The van der Waals surface area contributed by atoms with Crippen molar-refractivity contribution in [2.24, 2.45) is 11.8 Å². The van der Waals surface area contributed by atoms with Crippen molar-refractivity contribution in [1.29, 1.82) is 0 Å². The molecule has 0 amide bonds. The van der Waals surface area contributed by atoms with Crippen LogP contribution in [0.5, 0.6) is 0 Å². The van der Waals surface area contributed by atoms with Crippen LogP contribution in [-0.2, 0) is 9.53 Å². The van der Waals surface area contributed by atoms with E-state index in [0.29, 0.717) is 5.92 Å². The number of ether oxygens (including phenoxy) is 1. The molecule has 2 aliphatic heterocycles. The molecule has 0 bridgehead atoms. The lowest BCUT2D eigenvalue weighted by atomic mass is 9.84. The molecule has 0 aromatic carbocycles. The number of fused-ring (bicyclic) bond motifs is 1. The first-order valence-electron chi connectivity index (χ1n) is 9.39. The summed E-state index contributed by atoms with van der Waals surface area (Å²) in [6, 6.07) is 0. The van der Waals surface area contributed by atoms with Crippen LogP contribution in [0.4, 0.5) is 0 Å². The zero-order valence-electron chi connectivity index (χ0n) is 14.7. The lowest BCUT2D eigenvalue weighted by Gasteiger charge is -2.30. The Balaban J connectivity index is 1.73. The minimum absolute atomic E-state index is 0.00379. The molecule has 2 saturated heterocycles.